The van der Waals surface area contributed by atoms with Crippen LogP contribution >= 0.6 is 0 Å². The molecule has 1 aliphatic rings. The molecule has 1 fully saturated rings. The van der Waals surface area contributed by atoms with Gasteiger partial charge in [-0.1, -0.05) is 20.3 Å². The van der Waals surface area contributed by atoms with Crippen molar-refractivity contribution in [3.63, 3.8) is 0 Å². The summed E-state index contributed by atoms with van der Waals surface area (Å²) >= 11 is 0. The molecule has 1 N–H and O–H groups in total. The van der Waals surface area contributed by atoms with Gasteiger partial charge in [-0.25, -0.2) is 4.79 Å². The molecular formula is C16H30N2O3. The Labute approximate surface area is 128 Å². The van der Waals surface area contributed by atoms with Gasteiger partial charge >= 0.3 is 12.0 Å². The topological polar surface area (TPSA) is 60.9 Å². The highest BCUT2D eigenvalue weighted by Crippen LogP contribution is 2.30. The number of carboxylic acids is 1. The SMILES string of the molecule is CCCCN(C(=O)N1CCCC(C)(C(=O)O)C1)C(C)CC. The molecule has 5 nitrogen and oxygen atoms in total. The number of urea groups is 1. The van der Waals surface area contributed by atoms with E-state index in [1.165, 1.54) is 0 Å². The summed E-state index contributed by atoms with van der Waals surface area (Å²) in [6, 6.07) is 0.201. The van der Waals surface area contributed by atoms with Crippen LogP contribution in [0.25, 0.3) is 0 Å². The van der Waals surface area contributed by atoms with Crippen molar-refractivity contribution in [2.75, 3.05) is 19.6 Å². The molecule has 0 aromatic carbocycles. The number of aliphatic carboxylic acids is 1. The maximum atomic E-state index is 12.8. The molecule has 1 rings (SSSR count). The van der Waals surface area contributed by atoms with Crippen LogP contribution in [0.1, 0.15) is 59.8 Å². The Kier molecular flexibility index (Phi) is 6.49. The predicted molar refractivity (Wildman–Crippen MR) is 83.3 cm³/mol. The zero-order chi connectivity index (χ0) is 16.0. The molecule has 2 unspecified atom stereocenters. The van der Waals surface area contributed by atoms with Crippen molar-refractivity contribution in [3.8, 4) is 0 Å². The molecule has 0 aliphatic carbocycles. The Morgan fingerprint density at radius 3 is 2.57 bits per heavy atom. The molecular weight excluding hydrogens is 268 g/mol. The Bertz CT molecular complexity index is 373. The van der Waals surface area contributed by atoms with Gasteiger partial charge in [-0.2, -0.15) is 0 Å². The standard InChI is InChI=1S/C16H30N2O3/c1-5-7-11-18(13(3)6-2)15(21)17-10-8-9-16(4,12-17)14(19)20/h13H,5-12H2,1-4H3,(H,19,20). The molecule has 1 aliphatic heterocycles. The van der Waals surface area contributed by atoms with Gasteiger partial charge in [0.15, 0.2) is 0 Å². The average Bonchev–Trinajstić information content (AvgIpc) is 2.46. The second kappa shape index (κ2) is 7.66. The van der Waals surface area contributed by atoms with E-state index in [-0.39, 0.29) is 12.1 Å². The van der Waals surface area contributed by atoms with E-state index in [4.69, 9.17) is 0 Å². The van der Waals surface area contributed by atoms with Crippen molar-refractivity contribution in [1.82, 2.24) is 9.80 Å². The van der Waals surface area contributed by atoms with E-state index in [2.05, 4.69) is 20.8 Å². The van der Waals surface area contributed by atoms with E-state index < -0.39 is 11.4 Å². The number of carboxylic acid groups (broad SMARTS) is 1. The first-order chi connectivity index (χ1) is 9.85. The summed E-state index contributed by atoms with van der Waals surface area (Å²) in [4.78, 5) is 27.8. The molecule has 1 heterocycles. The van der Waals surface area contributed by atoms with Gasteiger partial charge in [0.05, 0.1) is 5.41 Å². The first kappa shape index (κ1) is 17.8. The molecule has 5 heteroatoms. The summed E-state index contributed by atoms with van der Waals surface area (Å²) < 4.78 is 0. The fourth-order valence-corrected chi connectivity index (χ4v) is 2.81. The molecule has 0 radical (unpaired) electrons. The highest BCUT2D eigenvalue weighted by molar-refractivity contribution is 5.78. The first-order valence-electron chi connectivity index (χ1n) is 8.14. The Hall–Kier alpha value is -1.26. The summed E-state index contributed by atoms with van der Waals surface area (Å²) in [5.41, 5.74) is -0.806. The van der Waals surface area contributed by atoms with Crippen LogP contribution in [0.3, 0.4) is 0 Å². The average molecular weight is 298 g/mol. The van der Waals surface area contributed by atoms with Crippen LogP contribution in [0.15, 0.2) is 0 Å². The van der Waals surface area contributed by atoms with Crippen molar-refractivity contribution in [2.45, 2.75) is 65.8 Å². The summed E-state index contributed by atoms with van der Waals surface area (Å²) in [5.74, 6) is -0.802. The molecule has 0 aromatic heterocycles. The van der Waals surface area contributed by atoms with Gasteiger partial charge in [0.25, 0.3) is 0 Å². The zero-order valence-electron chi connectivity index (χ0n) is 13.9. The van der Waals surface area contributed by atoms with E-state index in [0.29, 0.717) is 19.5 Å². The first-order valence-corrected chi connectivity index (χ1v) is 8.14. The number of hydrogen-bond donors (Lipinski definition) is 1. The van der Waals surface area contributed by atoms with Gasteiger partial charge in [0, 0.05) is 25.7 Å². The number of carbonyl (C=O) groups is 2. The van der Waals surface area contributed by atoms with Gasteiger partial charge in [-0.05, 0) is 39.5 Å². The van der Waals surface area contributed by atoms with Crippen LogP contribution in [0, 0.1) is 5.41 Å². The molecule has 0 bridgehead atoms. The minimum Gasteiger partial charge on any atom is -0.481 e. The number of unbranched alkanes of at least 4 members (excludes halogenated alkanes) is 1. The predicted octanol–water partition coefficient (Wildman–Crippen LogP) is 3.19. The van der Waals surface area contributed by atoms with Crippen LogP contribution in [-0.4, -0.2) is 52.6 Å². The second-order valence-corrected chi connectivity index (χ2v) is 6.48. The van der Waals surface area contributed by atoms with Gasteiger partial charge in [-0.15, -0.1) is 0 Å². The lowest BCUT2D eigenvalue weighted by Gasteiger charge is -2.41. The lowest BCUT2D eigenvalue weighted by Crippen LogP contribution is -2.54. The molecule has 0 spiro atoms. The Morgan fingerprint density at radius 2 is 2.05 bits per heavy atom. The van der Waals surface area contributed by atoms with E-state index in [1.807, 2.05) is 4.90 Å². The molecule has 0 saturated carbocycles. The van der Waals surface area contributed by atoms with Crippen LogP contribution in [-0.2, 0) is 4.79 Å². The maximum Gasteiger partial charge on any atom is 0.320 e. The fourth-order valence-electron chi connectivity index (χ4n) is 2.81. The lowest BCUT2D eigenvalue weighted by atomic mass is 9.82. The smallest absolute Gasteiger partial charge is 0.320 e. The minimum atomic E-state index is -0.806. The third-order valence-electron chi connectivity index (χ3n) is 4.60. The molecule has 0 aromatic rings. The van der Waals surface area contributed by atoms with Crippen LogP contribution in [0.5, 0.6) is 0 Å². The van der Waals surface area contributed by atoms with Crippen LogP contribution in [0.2, 0.25) is 0 Å². The number of nitrogens with zero attached hydrogens (tertiary/aromatic N) is 2. The number of piperidine rings is 1. The zero-order valence-corrected chi connectivity index (χ0v) is 13.9. The molecule has 122 valence electrons. The normalized spacial score (nSPS) is 23.7. The quantitative estimate of drug-likeness (QED) is 0.819. The molecule has 21 heavy (non-hydrogen) atoms. The largest absolute Gasteiger partial charge is 0.481 e. The molecule has 1 saturated heterocycles. The molecule has 2 amide bonds. The summed E-state index contributed by atoms with van der Waals surface area (Å²) in [5, 5.41) is 9.38. The second-order valence-electron chi connectivity index (χ2n) is 6.48. The van der Waals surface area contributed by atoms with Crippen molar-refractivity contribution in [3.05, 3.63) is 0 Å². The molecule has 2 atom stereocenters. The van der Waals surface area contributed by atoms with Gasteiger partial charge < -0.3 is 14.9 Å². The lowest BCUT2D eigenvalue weighted by molar-refractivity contribution is -0.150. The number of hydrogen-bond acceptors (Lipinski definition) is 2. The van der Waals surface area contributed by atoms with Gasteiger partial charge in [0.2, 0.25) is 0 Å². The summed E-state index contributed by atoms with van der Waals surface area (Å²) in [6.07, 6.45) is 4.35. The van der Waals surface area contributed by atoms with E-state index in [0.717, 1.165) is 32.2 Å². The highest BCUT2D eigenvalue weighted by Gasteiger charge is 2.40. The van der Waals surface area contributed by atoms with E-state index in [9.17, 15) is 14.7 Å². The Balaban J connectivity index is 2.80. The number of carbonyl (C=O) groups excluding carboxylic acids is 1. The van der Waals surface area contributed by atoms with E-state index >= 15 is 0 Å². The number of amides is 2. The monoisotopic (exact) mass is 298 g/mol. The highest BCUT2D eigenvalue weighted by atomic mass is 16.4. The van der Waals surface area contributed by atoms with Crippen LogP contribution < -0.4 is 0 Å². The third-order valence-corrected chi connectivity index (χ3v) is 4.60. The van der Waals surface area contributed by atoms with Gasteiger partial charge in [0.1, 0.15) is 0 Å². The number of likely N-dealkylation sites (tertiary alicyclic amines) is 1. The van der Waals surface area contributed by atoms with Crippen LogP contribution in [0.4, 0.5) is 4.79 Å². The van der Waals surface area contributed by atoms with E-state index in [1.54, 1.807) is 11.8 Å². The Morgan fingerprint density at radius 1 is 1.38 bits per heavy atom. The maximum absolute atomic E-state index is 12.8. The van der Waals surface area contributed by atoms with Crippen molar-refractivity contribution >= 4 is 12.0 Å². The summed E-state index contributed by atoms with van der Waals surface area (Å²) in [6.45, 7) is 9.74. The van der Waals surface area contributed by atoms with Crippen molar-refractivity contribution < 1.29 is 14.7 Å². The van der Waals surface area contributed by atoms with Crippen molar-refractivity contribution in [2.24, 2.45) is 5.41 Å². The number of rotatable bonds is 6. The fraction of sp³-hybridized carbons (Fsp3) is 0.875. The third kappa shape index (κ3) is 4.35. The van der Waals surface area contributed by atoms with Gasteiger partial charge in [-0.3, -0.25) is 4.79 Å². The minimum absolute atomic E-state index is 0.00461. The van der Waals surface area contributed by atoms with Crippen molar-refractivity contribution in [1.29, 1.82) is 0 Å². The summed E-state index contributed by atoms with van der Waals surface area (Å²) in [7, 11) is 0.